The molecule has 0 aromatic heterocycles. The van der Waals surface area contributed by atoms with Crippen molar-refractivity contribution in [2.24, 2.45) is 4.99 Å². The first-order valence-corrected chi connectivity index (χ1v) is 10.1. The molecule has 0 saturated heterocycles. The molecule has 0 bridgehead atoms. The molecule has 0 aliphatic heterocycles. The Bertz CT molecular complexity index is 718. The molecule has 0 fully saturated rings. The topological polar surface area (TPSA) is 79.8 Å². The number of hydrogen-bond donors (Lipinski definition) is 2. The lowest BCUT2D eigenvalue weighted by Gasteiger charge is -2.18. The zero-order valence-electron chi connectivity index (χ0n) is 15.3. The molecule has 0 amide bonds. The maximum absolute atomic E-state index is 13.9. The van der Waals surface area contributed by atoms with Crippen LogP contribution in [-0.2, 0) is 16.4 Å². The average molecular weight is 523 g/mol. The number of aliphatic imine (C=N–C) groups is 1. The molecule has 1 unspecified atom stereocenters. The summed E-state index contributed by atoms with van der Waals surface area (Å²) in [6.07, 6.45) is 1.52. The Morgan fingerprint density at radius 2 is 2.00 bits per heavy atom. The highest BCUT2D eigenvalue weighted by Gasteiger charge is 2.14. The minimum atomic E-state index is -3.08. The van der Waals surface area contributed by atoms with E-state index in [1.165, 1.54) is 12.1 Å². The number of sulfone groups is 1. The summed E-state index contributed by atoms with van der Waals surface area (Å²) in [5.74, 6) is -0.641. The van der Waals surface area contributed by atoms with Gasteiger partial charge in [0.25, 0.3) is 0 Å². The summed E-state index contributed by atoms with van der Waals surface area (Å²) < 4.78 is 65.6. The van der Waals surface area contributed by atoms with Crippen LogP contribution in [0, 0.1) is 5.82 Å². The number of halogens is 4. The van der Waals surface area contributed by atoms with E-state index >= 15 is 0 Å². The van der Waals surface area contributed by atoms with Gasteiger partial charge >= 0.3 is 6.61 Å². The number of nitrogens with zero attached hydrogens (tertiary/aromatic N) is 1. The van der Waals surface area contributed by atoms with Crippen molar-refractivity contribution in [2.45, 2.75) is 39.5 Å². The van der Waals surface area contributed by atoms with Gasteiger partial charge in [-0.25, -0.2) is 17.8 Å². The van der Waals surface area contributed by atoms with Crippen LogP contribution in [0.3, 0.4) is 0 Å². The largest absolute Gasteiger partial charge is 0.434 e. The predicted octanol–water partition coefficient (Wildman–Crippen LogP) is 2.92. The van der Waals surface area contributed by atoms with Gasteiger partial charge in [0, 0.05) is 18.8 Å². The van der Waals surface area contributed by atoms with E-state index in [1.807, 2.05) is 6.92 Å². The molecule has 1 aromatic carbocycles. The maximum atomic E-state index is 13.9. The summed E-state index contributed by atoms with van der Waals surface area (Å²) >= 11 is 0. The third kappa shape index (κ3) is 10.6. The lowest BCUT2D eigenvalue weighted by molar-refractivity contribution is -0.0506. The number of benzene rings is 1. The van der Waals surface area contributed by atoms with Gasteiger partial charge in [0.2, 0.25) is 0 Å². The molecule has 0 aliphatic rings. The van der Waals surface area contributed by atoms with Crippen LogP contribution >= 0.6 is 24.0 Å². The Kier molecular flexibility index (Phi) is 11.7. The molecule has 1 rings (SSSR count). The van der Waals surface area contributed by atoms with Crippen LogP contribution in [0.1, 0.15) is 25.8 Å². The summed E-state index contributed by atoms with van der Waals surface area (Å²) in [7, 11) is -3.08. The minimum absolute atomic E-state index is 0. The van der Waals surface area contributed by atoms with Crippen LogP contribution in [0.15, 0.2) is 23.2 Å². The van der Waals surface area contributed by atoms with Crippen molar-refractivity contribution >= 4 is 39.8 Å². The molecule has 11 heteroatoms. The number of guanidine groups is 1. The molecule has 0 heterocycles. The van der Waals surface area contributed by atoms with Gasteiger partial charge in [0.1, 0.15) is 21.4 Å². The fourth-order valence-corrected chi connectivity index (χ4v) is 2.85. The number of ether oxygens (including phenoxy) is 1. The Labute approximate surface area is 174 Å². The Morgan fingerprint density at radius 3 is 2.56 bits per heavy atom. The molecular weight excluding hydrogens is 498 g/mol. The van der Waals surface area contributed by atoms with E-state index in [0.29, 0.717) is 18.9 Å². The van der Waals surface area contributed by atoms with Crippen molar-refractivity contribution in [1.29, 1.82) is 0 Å². The van der Waals surface area contributed by atoms with E-state index in [1.54, 1.807) is 6.92 Å². The molecule has 1 aromatic rings. The van der Waals surface area contributed by atoms with Gasteiger partial charge in [-0.1, -0.05) is 6.07 Å². The van der Waals surface area contributed by atoms with Gasteiger partial charge in [-0.2, -0.15) is 8.78 Å². The van der Waals surface area contributed by atoms with Crippen molar-refractivity contribution in [1.82, 2.24) is 10.6 Å². The van der Waals surface area contributed by atoms with Crippen LogP contribution in [0.5, 0.6) is 5.75 Å². The van der Waals surface area contributed by atoms with Gasteiger partial charge < -0.3 is 15.4 Å². The summed E-state index contributed by atoms with van der Waals surface area (Å²) in [6.45, 7) is 0.839. The number of alkyl halides is 2. The Morgan fingerprint density at radius 1 is 1.33 bits per heavy atom. The quantitative estimate of drug-likeness (QED) is 0.296. The normalized spacial score (nSPS) is 13.1. The lowest BCUT2D eigenvalue weighted by atomic mass is 10.2. The van der Waals surface area contributed by atoms with E-state index in [4.69, 9.17) is 0 Å². The maximum Gasteiger partial charge on any atom is 0.387 e. The molecule has 1 atom stereocenters. The first-order chi connectivity index (χ1) is 12.1. The fourth-order valence-electron chi connectivity index (χ4n) is 2.07. The average Bonchev–Trinajstić information content (AvgIpc) is 2.51. The van der Waals surface area contributed by atoms with Crippen molar-refractivity contribution in [2.75, 3.05) is 18.6 Å². The second-order valence-corrected chi connectivity index (χ2v) is 8.01. The van der Waals surface area contributed by atoms with E-state index in [2.05, 4.69) is 20.4 Å². The molecule has 0 radical (unpaired) electrons. The Hall–Kier alpha value is -1.24. The highest BCUT2D eigenvalue weighted by molar-refractivity contribution is 14.0. The summed E-state index contributed by atoms with van der Waals surface area (Å²) in [4.78, 5) is 4.18. The summed E-state index contributed by atoms with van der Waals surface area (Å²) in [5, 5.41) is 5.94. The zero-order valence-corrected chi connectivity index (χ0v) is 18.5. The standard InChI is InChI=1S/C16H24F3N3O3S.HI/c1-4-20-16(22-11(2)8-9-26(3,23)24)21-10-12-13(17)6-5-7-14(12)25-15(18)19;/h5-7,11,15H,4,8-10H2,1-3H3,(H2,20,21,22);1H. The molecule has 27 heavy (non-hydrogen) atoms. The van der Waals surface area contributed by atoms with Gasteiger partial charge in [-0.3, -0.25) is 0 Å². The number of hydrogen-bond acceptors (Lipinski definition) is 4. The SMILES string of the molecule is CCNC(=NCc1c(F)cccc1OC(F)F)NC(C)CCS(C)(=O)=O.I. The third-order valence-electron chi connectivity index (χ3n) is 3.34. The highest BCUT2D eigenvalue weighted by atomic mass is 127. The van der Waals surface area contributed by atoms with E-state index in [0.717, 1.165) is 12.3 Å². The van der Waals surface area contributed by atoms with Gasteiger partial charge in [0.15, 0.2) is 5.96 Å². The Balaban J connectivity index is 0.00000676. The number of rotatable bonds is 9. The zero-order chi connectivity index (χ0) is 19.7. The summed E-state index contributed by atoms with van der Waals surface area (Å²) in [5.41, 5.74) is -0.0891. The molecule has 156 valence electrons. The fraction of sp³-hybridized carbons (Fsp3) is 0.562. The van der Waals surface area contributed by atoms with Crippen molar-refractivity contribution in [3.63, 3.8) is 0 Å². The van der Waals surface area contributed by atoms with Crippen LogP contribution in [0.4, 0.5) is 13.2 Å². The van der Waals surface area contributed by atoms with Gasteiger partial charge in [-0.15, -0.1) is 24.0 Å². The molecule has 0 saturated carbocycles. The molecule has 0 spiro atoms. The van der Waals surface area contributed by atoms with Crippen LogP contribution in [0.25, 0.3) is 0 Å². The van der Waals surface area contributed by atoms with Crippen LogP contribution in [0.2, 0.25) is 0 Å². The smallest absolute Gasteiger partial charge is 0.387 e. The first-order valence-electron chi connectivity index (χ1n) is 8.07. The van der Waals surface area contributed by atoms with Crippen molar-refractivity contribution < 1.29 is 26.3 Å². The molecule has 0 aliphatic carbocycles. The van der Waals surface area contributed by atoms with E-state index < -0.39 is 22.3 Å². The highest BCUT2D eigenvalue weighted by Crippen LogP contribution is 2.24. The molecule has 2 N–H and O–H groups in total. The minimum Gasteiger partial charge on any atom is -0.434 e. The monoisotopic (exact) mass is 523 g/mol. The first kappa shape index (κ1) is 25.8. The lowest BCUT2D eigenvalue weighted by Crippen LogP contribution is -2.42. The van der Waals surface area contributed by atoms with Crippen LogP contribution in [-0.4, -0.2) is 45.6 Å². The van der Waals surface area contributed by atoms with E-state index in [-0.39, 0.29) is 53.6 Å². The third-order valence-corrected chi connectivity index (χ3v) is 4.31. The second kappa shape index (κ2) is 12.3. The number of nitrogens with one attached hydrogen (secondary N) is 2. The summed E-state index contributed by atoms with van der Waals surface area (Å²) in [6, 6.07) is 3.45. The van der Waals surface area contributed by atoms with Crippen molar-refractivity contribution in [3.8, 4) is 5.75 Å². The van der Waals surface area contributed by atoms with Crippen LogP contribution < -0.4 is 15.4 Å². The van der Waals surface area contributed by atoms with Crippen molar-refractivity contribution in [3.05, 3.63) is 29.6 Å². The molecular formula is C16H25F3IN3O3S. The van der Waals surface area contributed by atoms with E-state index in [9.17, 15) is 21.6 Å². The van der Waals surface area contributed by atoms with Gasteiger partial charge in [0.05, 0.1) is 17.9 Å². The predicted molar refractivity (Wildman–Crippen MR) is 110 cm³/mol. The molecule has 6 nitrogen and oxygen atoms in total. The van der Waals surface area contributed by atoms with Gasteiger partial charge in [-0.05, 0) is 32.4 Å². The second-order valence-electron chi connectivity index (χ2n) is 5.75.